The maximum absolute atomic E-state index is 13.6. The van der Waals surface area contributed by atoms with Crippen LogP contribution in [-0.2, 0) is 17.6 Å². The number of aryl methyl sites for hydroxylation is 2. The molecule has 172 valence electrons. The van der Waals surface area contributed by atoms with Gasteiger partial charge in [-0.25, -0.2) is 19.9 Å². The molecular formula is C24H28N6O3. The zero-order chi connectivity index (χ0) is 22.9. The predicted octanol–water partition coefficient (Wildman–Crippen LogP) is 2.99. The second-order valence-electron chi connectivity index (χ2n) is 8.74. The van der Waals surface area contributed by atoms with Gasteiger partial charge >= 0.3 is 0 Å². The number of morpholine rings is 1. The molecule has 0 radical (unpaired) electrons. The van der Waals surface area contributed by atoms with Crippen molar-refractivity contribution in [3.8, 4) is 11.1 Å². The third-order valence-electron chi connectivity index (χ3n) is 6.30. The summed E-state index contributed by atoms with van der Waals surface area (Å²) in [7, 11) is 3.79. The van der Waals surface area contributed by atoms with Crippen LogP contribution in [0.3, 0.4) is 0 Å². The Hall–Kier alpha value is -3.33. The van der Waals surface area contributed by atoms with Crippen LogP contribution in [0.4, 0.5) is 5.95 Å². The van der Waals surface area contributed by atoms with Gasteiger partial charge < -0.3 is 19.0 Å². The van der Waals surface area contributed by atoms with Gasteiger partial charge in [0.15, 0.2) is 0 Å². The van der Waals surface area contributed by atoms with E-state index in [1.807, 2.05) is 30.8 Å². The van der Waals surface area contributed by atoms with E-state index < -0.39 is 0 Å². The maximum atomic E-state index is 13.6. The summed E-state index contributed by atoms with van der Waals surface area (Å²) in [6, 6.07) is 0. The third-order valence-corrected chi connectivity index (χ3v) is 6.30. The average molecular weight is 449 g/mol. The minimum absolute atomic E-state index is 0.0131. The first-order chi connectivity index (χ1) is 16.0. The van der Waals surface area contributed by atoms with Crippen LogP contribution in [0.5, 0.6) is 0 Å². The Balaban J connectivity index is 1.47. The normalized spacial score (nSPS) is 18.2. The quantitative estimate of drug-likeness (QED) is 0.601. The van der Waals surface area contributed by atoms with E-state index >= 15 is 0 Å². The molecule has 1 amide bonds. The number of amides is 1. The van der Waals surface area contributed by atoms with Gasteiger partial charge in [0.2, 0.25) is 5.95 Å². The number of carbonyl (C=O) groups is 1. The van der Waals surface area contributed by atoms with Crippen molar-refractivity contribution in [1.82, 2.24) is 24.8 Å². The molecule has 1 aliphatic heterocycles. The molecule has 1 fully saturated rings. The molecular weight excluding hydrogens is 420 g/mol. The number of carbonyl (C=O) groups excluding carboxylic acids is 1. The van der Waals surface area contributed by atoms with Crippen LogP contribution in [0.25, 0.3) is 11.1 Å². The molecule has 1 atom stereocenters. The molecule has 4 heterocycles. The summed E-state index contributed by atoms with van der Waals surface area (Å²) in [6.45, 7) is 3.26. The van der Waals surface area contributed by atoms with Gasteiger partial charge in [-0.2, -0.15) is 0 Å². The molecule has 9 nitrogen and oxygen atoms in total. The first kappa shape index (κ1) is 21.5. The number of furan rings is 1. The van der Waals surface area contributed by atoms with Crippen LogP contribution in [0.2, 0.25) is 0 Å². The highest BCUT2D eigenvalue weighted by Gasteiger charge is 2.33. The molecule has 1 saturated heterocycles. The molecule has 33 heavy (non-hydrogen) atoms. The number of anilines is 1. The molecule has 2 aliphatic rings. The van der Waals surface area contributed by atoms with Gasteiger partial charge in [0.05, 0.1) is 24.4 Å². The largest absolute Gasteiger partial charge is 0.465 e. The molecule has 1 unspecified atom stereocenters. The molecule has 0 spiro atoms. The number of ether oxygens (including phenoxy) is 1. The van der Waals surface area contributed by atoms with Crippen molar-refractivity contribution < 1.29 is 13.9 Å². The van der Waals surface area contributed by atoms with E-state index in [0.717, 1.165) is 59.4 Å². The van der Waals surface area contributed by atoms with Gasteiger partial charge in [-0.15, -0.1) is 0 Å². The highest BCUT2D eigenvalue weighted by Crippen LogP contribution is 2.34. The Morgan fingerprint density at radius 1 is 1.15 bits per heavy atom. The summed E-state index contributed by atoms with van der Waals surface area (Å²) >= 11 is 0. The zero-order valence-electron chi connectivity index (χ0n) is 19.2. The Morgan fingerprint density at radius 2 is 1.94 bits per heavy atom. The number of hydrogen-bond acceptors (Lipinski definition) is 8. The zero-order valence-corrected chi connectivity index (χ0v) is 19.2. The maximum Gasteiger partial charge on any atom is 0.257 e. The van der Waals surface area contributed by atoms with E-state index in [2.05, 4.69) is 15.0 Å². The minimum atomic E-state index is -0.386. The Morgan fingerprint density at radius 3 is 2.73 bits per heavy atom. The second kappa shape index (κ2) is 8.90. The lowest BCUT2D eigenvalue weighted by molar-refractivity contribution is -0.0245. The fourth-order valence-electron chi connectivity index (χ4n) is 4.65. The fraction of sp³-hybridized carbons (Fsp3) is 0.458. The van der Waals surface area contributed by atoms with Crippen LogP contribution >= 0.6 is 0 Å². The SMILES string of the molecule is Cc1oc2c(c1C(=O)N1CCOC(c3nc(N(C)C)ncc3-c3cncnc3)C1)CCCC2. The highest BCUT2D eigenvalue weighted by atomic mass is 16.5. The lowest BCUT2D eigenvalue weighted by atomic mass is 9.94. The van der Waals surface area contributed by atoms with Crippen LogP contribution in [-0.4, -0.2) is 64.5 Å². The molecule has 0 aromatic carbocycles. The summed E-state index contributed by atoms with van der Waals surface area (Å²) < 4.78 is 12.1. The van der Waals surface area contributed by atoms with Crippen LogP contribution in [0, 0.1) is 6.92 Å². The Bertz CT molecular complexity index is 1160. The van der Waals surface area contributed by atoms with Gasteiger partial charge in [-0.3, -0.25) is 4.79 Å². The van der Waals surface area contributed by atoms with Crippen LogP contribution in [0.1, 0.15) is 52.1 Å². The number of rotatable bonds is 4. The van der Waals surface area contributed by atoms with E-state index in [-0.39, 0.29) is 12.0 Å². The first-order valence-electron chi connectivity index (χ1n) is 11.3. The molecule has 3 aromatic heterocycles. The van der Waals surface area contributed by atoms with Crippen molar-refractivity contribution in [3.05, 3.63) is 53.3 Å². The van der Waals surface area contributed by atoms with Crippen molar-refractivity contribution in [2.24, 2.45) is 0 Å². The van der Waals surface area contributed by atoms with Gasteiger partial charge in [0, 0.05) is 62.3 Å². The molecule has 1 aliphatic carbocycles. The average Bonchev–Trinajstić information content (AvgIpc) is 3.19. The van der Waals surface area contributed by atoms with Crippen LogP contribution < -0.4 is 4.90 Å². The lowest BCUT2D eigenvalue weighted by Crippen LogP contribution is -2.43. The van der Waals surface area contributed by atoms with E-state index in [9.17, 15) is 4.79 Å². The minimum Gasteiger partial charge on any atom is -0.465 e. The standard InChI is InChI=1S/C24H28N6O3/c1-15-21(17-6-4-5-7-19(17)33-15)23(31)30-8-9-32-20(13-30)22-18(16-10-25-14-26-11-16)12-27-24(28-22)29(2)3/h10-12,14,20H,4-9,13H2,1-3H3. The van der Waals surface area contributed by atoms with E-state index in [1.165, 1.54) is 6.33 Å². The van der Waals surface area contributed by atoms with E-state index in [0.29, 0.717) is 31.4 Å². The smallest absolute Gasteiger partial charge is 0.257 e. The third kappa shape index (κ3) is 4.08. The summed E-state index contributed by atoms with van der Waals surface area (Å²) in [5, 5.41) is 0. The van der Waals surface area contributed by atoms with Crippen molar-refractivity contribution in [2.45, 2.75) is 38.7 Å². The second-order valence-corrected chi connectivity index (χ2v) is 8.74. The van der Waals surface area contributed by atoms with Gasteiger partial charge in [-0.1, -0.05) is 0 Å². The lowest BCUT2D eigenvalue weighted by Gasteiger charge is -2.34. The number of nitrogens with zero attached hydrogens (tertiary/aromatic N) is 6. The molecule has 3 aromatic rings. The fourth-order valence-corrected chi connectivity index (χ4v) is 4.65. The Kier molecular flexibility index (Phi) is 5.80. The van der Waals surface area contributed by atoms with E-state index in [4.69, 9.17) is 14.1 Å². The Labute approximate surface area is 192 Å². The van der Waals surface area contributed by atoms with Crippen molar-refractivity contribution >= 4 is 11.9 Å². The van der Waals surface area contributed by atoms with Gasteiger partial charge in [-0.05, 0) is 26.2 Å². The van der Waals surface area contributed by atoms with Crippen LogP contribution in [0.15, 0.2) is 29.3 Å². The number of aromatic nitrogens is 4. The highest BCUT2D eigenvalue weighted by molar-refractivity contribution is 5.97. The van der Waals surface area contributed by atoms with Crippen molar-refractivity contribution in [3.63, 3.8) is 0 Å². The first-order valence-corrected chi connectivity index (χ1v) is 11.3. The molecule has 0 N–H and O–H groups in total. The topological polar surface area (TPSA) is 97.5 Å². The molecule has 0 bridgehead atoms. The van der Waals surface area contributed by atoms with E-state index in [1.54, 1.807) is 18.6 Å². The molecule has 0 saturated carbocycles. The van der Waals surface area contributed by atoms with Crippen molar-refractivity contribution in [2.75, 3.05) is 38.7 Å². The summed E-state index contributed by atoms with van der Waals surface area (Å²) in [6.07, 6.45) is 10.4. The monoisotopic (exact) mass is 448 g/mol. The number of hydrogen-bond donors (Lipinski definition) is 0. The van der Waals surface area contributed by atoms with Crippen molar-refractivity contribution in [1.29, 1.82) is 0 Å². The summed E-state index contributed by atoms with van der Waals surface area (Å²) in [5.74, 6) is 2.29. The summed E-state index contributed by atoms with van der Waals surface area (Å²) in [4.78, 5) is 34.9. The molecule has 5 rings (SSSR count). The van der Waals surface area contributed by atoms with Gasteiger partial charge in [0.1, 0.15) is 24.0 Å². The molecule has 9 heteroatoms. The van der Waals surface area contributed by atoms with Gasteiger partial charge in [0.25, 0.3) is 5.91 Å². The predicted molar refractivity (Wildman–Crippen MR) is 122 cm³/mol. The number of fused-ring (bicyclic) bond motifs is 1. The summed E-state index contributed by atoms with van der Waals surface area (Å²) in [5.41, 5.74) is 4.17.